The van der Waals surface area contributed by atoms with E-state index in [0.717, 1.165) is 33.7 Å². The number of fused-ring (bicyclic) bond motifs is 1. The highest BCUT2D eigenvalue weighted by atomic mass is 32.2. The van der Waals surface area contributed by atoms with Crippen molar-refractivity contribution in [1.29, 1.82) is 0 Å². The van der Waals surface area contributed by atoms with Crippen molar-refractivity contribution in [2.24, 2.45) is 0 Å². The fourth-order valence-electron chi connectivity index (χ4n) is 2.47. The molecular weight excluding hydrogens is 286 g/mol. The molecule has 4 heteroatoms. The molecule has 0 aliphatic carbocycles. The number of aryl methyl sites for hydroxylation is 1. The lowest BCUT2D eigenvalue weighted by Crippen LogP contribution is -2.31. The van der Waals surface area contributed by atoms with E-state index in [1.54, 1.807) is 11.8 Å². The van der Waals surface area contributed by atoms with E-state index in [4.69, 9.17) is 0 Å². The van der Waals surface area contributed by atoms with Gasteiger partial charge in [0.1, 0.15) is 0 Å². The normalized spacial score (nSPS) is 22.9. The van der Waals surface area contributed by atoms with Crippen molar-refractivity contribution in [2.45, 2.75) is 24.3 Å². The van der Waals surface area contributed by atoms with Crippen LogP contribution in [0.25, 0.3) is 10.9 Å². The molecule has 20 heavy (non-hydrogen) atoms. The molecule has 1 aliphatic heterocycles. The lowest BCUT2D eigenvalue weighted by Gasteiger charge is -2.26. The average molecular weight is 303 g/mol. The number of Topliss-reactive ketones (excluding diaryl/α,β-unsaturated/α-hetero) is 1. The highest BCUT2D eigenvalue weighted by molar-refractivity contribution is 8.07. The number of pyridine rings is 1. The van der Waals surface area contributed by atoms with Crippen LogP contribution in [0.15, 0.2) is 30.3 Å². The zero-order valence-electron chi connectivity index (χ0n) is 11.6. The van der Waals surface area contributed by atoms with E-state index in [1.165, 1.54) is 0 Å². The lowest BCUT2D eigenvalue weighted by molar-refractivity contribution is 0.0989. The first-order valence-corrected chi connectivity index (χ1v) is 8.90. The molecule has 1 aliphatic rings. The van der Waals surface area contributed by atoms with E-state index in [2.05, 4.69) is 11.9 Å². The fourth-order valence-corrected chi connectivity index (χ4v) is 5.19. The third-order valence-corrected chi connectivity index (χ3v) is 6.65. The maximum atomic E-state index is 12.7. The van der Waals surface area contributed by atoms with E-state index in [0.29, 0.717) is 5.25 Å². The van der Waals surface area contributed by atoms with E-state index in [9.17, 15) is 4.79 Å². The number of benzene rings is 1. The maximum absolute atomic E-state index is 12.7. The Labute approximate surface area is 127 Å². The van der Waals surface area contributed by atoms with Crippen molar-refractivity contribution >= 4 is 40.2 Å². The molecule has 1 aromatic carbocycles. The Kier molecular flexibility index (Phi) is 4.03. The summed E-state index contributed by atoms with van der Waals surface area (Å²) >= 11 is 3.70. The zero-order valence-corrected chi connectivity index (χ0v) is 13.3. The minimum Gasteiger partial charge on any atom is -0.293 e. The molecule has 2 atom stereocenters. The molecular formula is C16H17NOS2. The van der Waals surface area contributed by atoms with Crippen LogP contribution < -0.4 is 0 Å². The van der Waals surface area contributed by atoms with Crippen LogP contribution in [-0.4, -0.2) is 32.8 Å². The molecule has 3 rings (SSSR count). The van der Waals surface area contributed by atoms with Gasteiger partial charge in [-0.3, -0.25) is 9.78 Å². The number of nitrogens with zero attached hydrogens (tertiary/aromatic N) is 1. The number of carbonyl (C=O) groups is 1. The van der Waals surface area contributed by atoms with Crippen LogP contribution in [0.5, 0.6) is 0 Å². The third kappa shape index (κ3) is 2.72. The molecule has 1 saturated heterocycles. The Morgan fingerprint density at radius 2 is 2.00 bits per heavy atom. The summed E-state index contributed by atoms with van der Waals surface area (Å²) in [5, 5.41) is 1.53. The van der Waals surface area contributed by atoms with Crippen LogP contribution in [-0.2, 0) is 0 Å². The molecule has 2 unspecified atom stereocenters. The summed E-state index contributed by atoms with van der Waals surface area (Å²) in [5.41, 5.74) is 2.78. The molecule has 1 aromatic heterocycles. The minimum absolute atomic E-state index is 0.0876. The van der Waals surface area contributed by atoms with Crippen molar-refractivity contribution < 1.29 is 4.79 Å². The van der Waals surface area contributed by atoms with Crippen LogP contribution in [0, 0.1) is 6.92 Å². The van der Waals surface area contributed by atoms with Gasteiger partial charge in [-0.05, 0) is 31.2 Å². The van der Waals surface area contributed by atoms with Gasteiger partial charge in [0.05, 0.1) is 10.8 Å². The first-order valence-electron chi connectivity index (χ1n) is 6.80. The lowest BCUT2D eigenvalue weighted by atomic mass is 10.0. The van der Waals surface area contributed by atoms with Gasteiger partial charge in [-0.2, -0.15) is 11.8 Å². The summed E-state index contributed by atoms with van der Waals surface area (Å²) in [7, 11) is 0. The quantitative estimate of drug-likeness (QED) is 0.785. The molecule has 1 fully saturated rings. The summed E-state index contributed by atoms with van der Waals surface area (Å²) in [6.45, 7) is 4.14. The summed E-state index contributed by atoms with van der Waals surface area (Å²) < 4.78 is 0. The summed E-state index contributed by atoms with van der Waals surface area (Å²) in [6, 6.07) is 9.90. The molecule has 104 valence electrons. The summed E-state index contributed by atoms with van der Waals surface area (Å²) in [4.78, 5) is 17.1. The zero-order chi connectivity index (χ0) is 14.1. The van der Waals surface area contributed by atoms with E-state index in [1.807, 2.05) is 49.0 Å². The predicted molar refractivity (Wildman–Crippen MR) is 89.0 cm³/mol. The Morgan fingerprint density at radius 1 is 1.20 bits per heavy atom. The standard InChI is InChI=1S/C16H17NOS2/c1-10-3-4-12-9-13(5-6-14(12)17-10)15(18)16-11(2)19-7-8-20-16/h3-6,9,11,16H,7-8H2,1-2H3. The van der Waals surface area contributed by atoms with Gasteiger partial charge < -0.3 is 0 Å². The number of aromatic nitrogens is 1. The maximum Gasteiger partial charge on any atom is 0.176 e. The number of thioether (sulfide) groups is 2. The number of hydrogen-bond acceptors (Lipinski definition) is 4. The first kappa shape index (κ1) is 14.0. The van der Waals surface area contributed by atoms with Gasteiger partial charge in [-0.15, -0.1) is 11.8 Å². The summed E-state index contributed by atoms with van der Waals surface area (Å²) in [5.74, 6) is 2.48. The second kappa shape index (κ2) is 5.78. The SMILES string of the molecule is Cc1ccc2cc(C(=O)C3SCCSC3C)ccc2n1. The van der Waals surface area contributed by atoms with Crippen molar-refractivity contribution in [3.8, 4) is 0 Å². The fraction of sp³-hybridized carbons (Fsp3) is 0.375. The van der Waals surface area contributed by atoms with Gasteiger partial charge in [0.2, 0.25) is 0 Å². The first-order chi connectivity index (χ1) is 9.65. The average Bonchev–Trinajstić information content (AvgIpc) is 2.46. The minimum atomic E-state index is 0.0876. The van der Waals surface area contributed by atoms with Crippen LogP contribution in [0.3, 0.4) is 0 Å². The predicted octanol–water partition coefficient (Wildman–Crippen LogP) is 3.96. The van der Waals surface area contributed by atoms with Crippen LogP contribution in [0.4, 0.5) is 0 Å². The van der Waals surface area contributed by atoms with E-state index < -0.39 is 0 Å². The molecule has 0 saturated carbocycles. The highest BCUT2D eigenvalue weighted by Crippen LogP contribution is 2.33. The Bertz CT molecular complexity index is 656. The molecule has 0 amide bonds. The molecule has 2 heterocycles. The van der Waals surface area contributed by atoms with Crippen molar-refractivity contribution in [3.05, 3.63) is 41.6 Å². The van der Waals surface area contributed by atoms with Gasteiger partial charge >= 0.3 is 0 Å². The van der Waals surface area contributed by atoms with Crippen LogP contribution in [0.2, 0.25) is 0 Å². The van der Waals surface area contributed by atoms with Gasteiger partial charge in [0.15, 0.2) is 5.78 Å². The Balaban J connectivity index is 1.93. The van der Waals surface area contributed by atoms with Gasteiger partial charge in [-0.1, -0.05) is 13.0 Å². The molecule has 2 aromatic rings. The smallest absolute Gasteiger partial charge is 0.176 e. The number of ketones is 1. The topological polar surface area (TPSA) is 30.0 Å². The molecule has 0 spiro atoms. The number of rotatable bonds is 2. The number of carbonyl (C=O) groups excluding carboxylic acids is 1. The molecule has 0 radical (unpaired) electrons. The van der Waals surface area contributed by atoms with Crippen molar-refractivity contribution in [2.75, 3.05) is 11.5 Å². The third-order valence-electron chi connectivity index (χ3n) is 3.56. The second-order valence-electron chi connectivity index (χ2n) is 5.09. The number of hydrogen-bond donors (Lipinski definition) is 0. The largest absolute Gasteiger partial charge is 0.293 e. The Morgan fingerprint density at radius 3 is 2.80 bits per heavy atom. The van der Waals surface area contributed by atoms with E-state index >= 15 is 0 Å². The van der Waals surface area contributed by atoms with Gasteiger partial charge in [0, 0.05) is 33.4 Å². The van der Waals surface area contributed by atoms with Crippen LogP contribution >= 0.6 is 23.5 Å². The molecule has 0 N–H and O–H groups in total. The Hall–Kier alpha value is -1.00. The van der Waals surface area contributed by atoms with Crippen LogP contribution in [0.1, 0.15) is 23.0 Å². The van der Waals surface area contributed by atoms with Crippen molar-refractivity contribution in [3.63, 3.8) is 0 Å². The summed E-state index contributed by atoms with van der Waals surface area (Å²) in [6.07, 6.45) is 0. The van der Waals surface area contributed by atoms with Gasteiger partial charge in [0.25, 0.3) is 0 Å². The van der Waals surface area contributed by atoms with E-state index in [-0.39, 0.29) is 11.0 Å². The molecule has 0 bridgehead atoms. The van der Waals surface area contributed by atoms with Crippen molar-refractivity contribution in [1.82, 2.24) is 4.98 Å². The second-order valence-corrected chi connectivity index (χ2v) is 7.83. The monoisotopic (exact) mass is 303 g/mol. The molecule has 2 nitrogen and oxygen atoms in total. The van der Waals surface area contributed by atoms with Gasteiger partial charge in [-0.25, -0.2) is 0 Å². The highest BCUT2D eigenvalue weighted by Gasteiger charge is 2.29.